The molecule has 1 aromatic rings. The number of aliphatic hydroxyl groups is 3. The molecule has 2 saturated carbocycles. The molecule has 4 aliphatic rings. The number of esters is 1. The third-order valence-electron chi connectivity index (χ3n) is 9.20. The highest BCUT2D eigenvalue weighted by Gasteiger charge is 2.76. The lowest BCUT2D eigenvalue weighted by Crippen LogP contribution is -2.65. The molecule has 0 amide bonds. The molecular weight excluding hydrogens is 439 g/mol. The summed E-state index contributed by atoms with van der Waals surface area (Å²) in [5, 5.41) is 33.9. The Morgan fingerprint density at radius 1 is 1.24 bits per heavy atom. The predicted octanol–water partition coefficient (Wildman–Crippen LogP) is 2.82. The van der Waals surface area contributed by atoms with Crippen LogP contribution in [-0.2, 0) is 9.53 Å². The molecule has 3 N–H and O–H groups in total. The fourth-order valence-corrected chi connectivity index (χ4v) is 7.35. The van der Waals surface area contributed by atoms with Gasteiger partial charge >= 0.3 is 5.97 Å². The molecule has 0 radical (unpaired) electrons. The van der Waals surface area contributed by atoms with Gasteiger partial charge in [-0.05, 0) is 71.9 Å². The highest BCUT2D eigenvalue weighted by atomic mass is 19.1. The van der Waals surface area contributed by atoms with Crippen molar-refractivity contribution in [2.45, 2.75) is 51.9 Å². The molecule has 34 heavy (non-hydrogen) atoms. The minimum absolute atomic E-state index is 0.0486. The maximum absolute atomic E-state index is 14.3. The number of ketones is 1. The van der Waals surface area contributed by atoms with E-state index in [0.29, 0.717) is 12.0 Å². The number of hydrogen-bond acceptors (Lipinski definition) is 6. The van der Waals surface area contributed by atoms with Crippen molar-refractivity contribution < 1.29 is 34.0 Å². The zero-order valence-corrected chi connectivity index (χ0v) is 19.8. The first-order valence-corrected chi connectivity index (χ1v) is 11.8. The number of allylic oxidation sites excluding steroid dienone is 1. The van der Waals surface area contributed by atoms with Crippen molar-refractivity contribution in [2.24, 2.45) is 34.5 Å². The van der Waals surface area contributed by atoms with Crippen LogP contribution in [0.25, 0.3) is 0 Å². The first-order chi connectivity index (χ1) is 15.9. The second-order valence-corrected chi connectivity index (χ2v) is 11.2. The Hall–Kier alpha value is -2.35. The molecule has 0 saturated heterocycles. The lowest BCUT2D eigenvalue weighted by atomic mass is 9.59. The number of carbonyl (C=O) groups is 2. The van der Waals surface area contributed by atoms with Gasteiger partial charge in [-0.2, -0.15) is 0 Å². The topological polar surface area (TPSA) is 104 Å². The molecule has 0 aromatic heterocycles. The normalized spacial score (nSPS) is 41.9. The van der Waals surface area contributed by atoms with Gasteiger partial charge in [-0.3, -0.25) is 4.79 Å². The van der Waals surface area contributed by atoms with Crippen LogP contribution >= 0.6 is 0 Å². The largest absolute Gasteiger partial charge is 0.451 e. The van der Waals surface area contributed by atoms with Crippen molar-refractivity contribution in [3.63, 3.8) is 0 Å². The van der Waals surface area contributed by atoms with E-state index in [0.717, 1.165) is 12.1 Å². The molecule has 5 rings (SSSR count). The number of rotatable bonds is 3. The maximum atomic E-state index is 14.3. The summed E-state index contributed by atoms with van der Waals surface area (Å²) in [5.74, 6) is -2.10. The number of aliphatic hydroxyl groups excluding tert-OH is 2. The summed E-state index contributed by atoms with van der Waals surface area (Å²) in [6.07, 6.45) is 1.07. The number of ether oxygens (including phenoxy) is 1. The molecule has 8 atom stereocenters. The zero-order chi connectivity index (χ0) is 24.8. The number of halogens is 1. The van der Waals surface area contributed by atoms with Crippen LogP contribution < -0.4 is 0 Å². The molecule has 1 spiro atoms. The molecule has 0 aliphatic heterocycles. The van der Waals surface area contributed by atoms with E-state index < -0.39 is 47.5 Å². The lowest BCUT2D eigenvalue weighted by Gasteiger charge is -2.48. The second kappa shape index (κ2) is 7.33. The first-order valence-electron chi connectivity index (χ1n) is 11.8. The Kier molecular flexibility index (Phi) is 5.04. The van der Waals surface area contributed by atoms with Crippen LogP contribution in [0.15, 0.2) is 47.6 Å². The molecule has 4 aliphatic carbocycles. The Labute approximate surface area is 198 Å². The lowest BCUT2D eigenvalue weighted by molar-refractivity contribution is -0.190. The van der Waals surface area contributed by atoms with E-state index in [4.69, 9.17) is 4.74 Å². The second-order valence-electron chi connectivity index (χ2n) is 11.2. The van der Waals surface area contributed by atoms with Crippen LogP contribution in [0.2, 0.25) is 0 Å². The van der Waals surface area contributed by atoms with E-state index in [9.17, 15) is 29.3 Å². The van der Waals surface area contributed by atoms with E-state index >= 15 is 0 Å². The summed E-state index contributed by atoms with van der Waals surface area (Å²) in [7, 11) is 0. The Morgan fingerprint density at radius 3 is 2.50 bits per heavy atom. The van der Waals surface area contributed by atoms with Gasteiger partial charge in [0, 0.05) is 5.92 Å². The summed E-state index contributed by atoms with van der Waals surface area (Å²) in [4.78, 5) is 27.2. The summed E-state index contributed by atoms with van der Waals surface area (Å²) in [6, 6.07) is 4.82. The van der Waals surface area contributed by atoms with Crippen molar-refractivity contribution >= 4 is 11.8 Å². The van der Waals surface area contributed by atoms with Gasteiger partial charge in [0.05, 0.1) is 17.6 Å². The summed E-state index contributed by atoms with van der Waals surface area (Å²) in [6.45, 7) is 7.30. The molecule has 1 aromatic carbocycles. The van der Waals surface area contributed by atoms with E-state index in [1.165, 1.54) is 12.1 Å². The Balaban J connectivity index is 1.63. The Morgan fingerprint density at radius 2 is 1.88 bits per heavy atom. The number of Topliss-reactive ketones (excluding diaryl/α,β-unsaturated/α-hetero) is 1. The van der Waals surface area contributed by atoms with Gasteiger partial charge in [-0.25, -0.2) is 9.18 Å². The van der Waals surface area contributed by atoms with Crippen molar-refractivity contribution in [1.82, 2.24) is 0 Å². The van der Waals surface area contributed by atoms with Gasteiger partial charge in [0.1, 0.15) is 11.9 Å². The number of benzene rings is 1. The van der Waals surface area contributed by atoms with Gasteiger partial charge in [-0.1, -0.05) is 32.9 Å². The average molecular weight is 471 g/mol. The Bertz CT molecular complexity index is 1120. The van der Waals surface area contributed by atoms with Crippen LogP contribution in [-0.4, -0.2) is 51.5 Å². The van der Waals surface area contributed by atoms with Crippen LogP contribution in [0.1, 0.15) is 44.5 Å². The quantitative estimate of drug-likeness (QED) is 0.464. The molecule has 2 fully saturated rings. The van der Waals surface area contributed by atoms with Crippen LogP contribution in [0.5, 0.6) is 0 Å². The minimum atomic E-state index is -2.19. The molecule has 6 nitrogen and oxygen atoms in total. The predicted molar refractivity (Wildman–Crippen MR) is 121 cm³/mol. The highest BCUT2D eigenvalue weighted by Crippen LogP contribution is 2.71. The van der Waals surface area contributed by atoms with Gasteiger partial charge in [0.25, 0.3) is 0 Å². The van der Waals surface area contributed by atoms with Crippen LogP contribution in [0.3, 0.4) is 0 Å². The molecule has 1 unspecified atom stereocenters. The minimum Gasteiger partial charge on any atom is -0.451 e. The third-order valence-corrected chi connectivity index (χ3v) is 9.20. The van der Waals surface area contributed by atoms with Crippen molar-refractivity contribution in [1.29, 1.82) is 0 Å². The van der Waals surface area contributed by atoms with Crippen molar-refractivity contribution in [3.8, 4) is 0 Å². The van der Waals surface area contributed by atoms with Gasteiger partial charge in [-0.15, -0.1) is 0 Å². The average Bonchev–Trinajstić information content (AvgIpc) is 3.28. The molecular formula is C27H31FO6. The summed E-state index contributed by atoms with van der Waals surface area (Å²) >= 11 is 0. The SMILES string of the molecule is CC1=C[C@]23C(=O)C(C=C(CO)[C@@H](O)[C@]2(O)[C@H]1OC(=O)c1ccc(F)cc1)[C@H]1[C@@H](C[C@H]3C)C1(C)C. The molecule has 2 bridgehead atoms. The van der Waals surface area contributed by atoms with E-state index in [1.54, 1.807) is 19.1 Å². The van der Waals surface area contributed by atoms with Crippen molar-refractivity contribution in [2.75, 3.05) is 6.61 Å². The summed E-state index contributed by atoms with van der Waals surface area (Å²) in [5.41, 5.74) is -3.03. The van der Waals surface area contributed by atoms with E-state index in [1.807, 2.05) is 6.92 Å². The summed E-state index contributed by atoms with van der Waals surface area (Å²) < 4.78 is 19.1. The van der Waals surface area contributed by atoms with E-state index in [2.05, 4.69) is 13.8 Å². The number of carbonyl (C=O) groups excluding carboxylic acids is 2. The smallest absolute Gasteiger partial charge is 0.338 e. The fraction of sp³-hybridized carbons (Fsp3) is 0.556. The monoisotopic (exact) mass is 470 g/mol. The van der Waals surface area contributed by atoms with Gasteiger partial charge in [0.15, 0.2) is 17.5 Å². The highest BCUT2D eigenvalue weighted by molar-refractivity contribution is 5.96. The standard InChI is InChI=1S/C27H31FO6/c1-13-11-26-14(2)9-19-20(25(19,3)4)18(22(26)31)10-16(12-29)21(30)27(26,33)23(13)34-24(32)15-5-7-17(28)8-6-15/h5-8,10-11,14,18-21,23,29-30,33H,9,12H2,1-4H3/t14-,18?,19-,20+,21-,23+,26+,27+/m1/s1. The molecule has 7 heteroatoms. The van der Waals surface area contributed by atoms with E-state index in [-0.39, 0.29) is 40.1 Å². The van der Waals surface area contributed by atoms with Gasteiger partial charge in [0.2, 0.25) is 0 Å². The van der Waals surface area contributed by atoms with Gasteiger partial charge < -0.3 is 20.1 Å². The number of hydrogen-bond donors (Lipinski definition) is 3. The zero-order valence-electron chi connectivity index (χ0n) is 19.8. The first kappa shape index (κ1) is 23.4. The molecule has 182 valence electrons. The van der Waals surface area contributed by atoms with Crippen LogP contribution in [0, 0.1) is 40.3 Å². The van der Waals surface area contributed by atoms with Crippen LogP contribution in [0.4, 0.5) is 4.39 Å². The third kappa shape index (κ3) is 2.77. The molecule has 0 heterocycles. The van der Waals surface area contributed by atoms with Crippen molar-refractivity contribution in [3.05, 3.63) is 58.9 Å². The number of fused-ring (bicyclic) bond motifs is 3. The fourth-order valence-electron chi connectivity index (χ4n) is 7.35. The maximum Gasteiger partial charge on any atom is 0.338 e.